The first-order valence-corrected chi connectivity index (χ1v) is 10.4. The lowest BCUT2D eigenvalue weighted by Gasteiger charge is -2.14. The van der Waals surface area contributed by atoms with E-state index in [1.54, 1.807) is 24.3 Å². The predicted molar refractivity (Wildman–Crippen MR) is 120 cm³/mol. The fourth-order valence-corrected chi connectivity index (χ4v) is 4.20. The highest BCUT2D eigenvalue weighted by Crippen LogP contribution is 2.35. The molecule has 0 aromatic heterocycles. The number of carbonyl (C=O) groups excluding carboxylic acids is 2. The molecule has 8 heteroatoms. The second kappa shape index (κ2) is 8.57. The van der Waals surface area contributed by atoms with Gasteiger partial charge in [-0.2, -0.15) is 0 Å². The number of halogens is 3. The monoisotopic (exact) mass is 602 g/mol. The second-order valence-electron chi connectivity index (χ2n) is 5.52. The van der Waals surface area contributed by atoms with Gasteiger partial charge in [-0.1, -0.05) is 28.6 Å². The van der Waals surface area contributed by atoms with Gasteiger partial charge in [-0.15, -0.1) is 0 Å². The molecule has 1 heterocycles. The average Bonchev–Trinajstić information content (AvgIpc) is 2.90. The van der Waals surface area contributed by atoms with E-state index in [0.717, 1.165) is 8.04 Å². The molecule has 2 aromatic carbocycles. The van der Waals surface area contributed by atoms with Gasteiger partial charge in [0.15, 0.2) is 0 Å². The van der Waals surface area contributed by atoms with Gasteiger partial charge in [-0.25, -0.2) is 5.01 Å². The van der Waals surface area contributed by atoms with Crippen LogP contribution < -0.4 is 15.2 Å². The molecule has 1 saturated heterocycles. The van der Waals surface area contributed by atoms with E-state index in [4.69, 9.17) is 4.74 Å². The average molecular weight is 604 g/mol. The number of amides is 2. The van der Waals surface area contributed by atoms with Crippen molar-refractivity contribution in [1.82, 2.24) is 5.43 Å². The Kier molecular flexibility index (Phi) is 6.38. The van der Waals surface area contributed by atoms with Crippen molar-refractivity contribution in [3.63, 3.8) is 0 Å². The van der Waals surface area contributed by atoms with Gasteiger partial charge in [-0.05, 0) is 81.0 Å². The van der Waals surface area contributed by atoms with Gasteiger partial charge < -0.3 is 4.74 Å². The van der Waals surface area contributed by atoms with E-state index >= 15 is 0 Å². The third-order valence-corrected chi connectivity index (χ3v) is 5.42. The van der Waals surface area contributed by atoms with Gasteiger partial charge in [0.1, 0.15) is 17.9 Å². The van der Waals surface area contributed by atoms with E-state index in [1.165, 1.54) is 11.1 Å². The van der Waals surface area contributed by atoms with Crippen LogP contribution in [-0.2, 0) is 9.59 Å². The van der Waals surface area contributed by atoms with E-state index in [1.807, 2.05) is 18.2 Å². The minimum absolute atomic E-state index is 0.0296. The van der Waals surface area contributed by atoms with Crippen molar-refractivity contribution < 1.29 is 14.3 Å². The van der Waals surface area contributed by atoms with Gasteiger partial charge in [0.2, 0.25) is 0 Å². The van der Waals surface area contributed by atoms with Crippen molar-refractivity contribution in [2.24, 2.45) is 0 Å². The highest BCUT2D eigenvalue weighted by atomic mass is 127. The lowest BCUT2D eigenvalue weighted by atomic mass is 10.1. The number of benzene rings is 2. The van der Waals surface area contributed by atoms with Gasteiger partial charge in [-0.3, -0.25) is 15.0 Å². The molecule has 1 aliphatic heterocycles. The number of carbonyl (C=O) groups is 2. The van der Waals surface area contributed by atoms with Crippen LogP contribution in [0.1, 0.15) is 5.56 Å². The number of ether oxygens (including phenoxy) is 1. The van der Waals surface area contributed by atoms with Crippen LogP contribution in [0, 0.1) is 3.57 Å². The van der Waals surface area contributed by atoms with E-state index < -0.39 is 11.8 Å². The molecule has 1 N–H and O–H groups in total. The van der Waals surface area contributed by atoms with Gasteiger partial charge in [0.05, 0.1) is 10.2 Å². The summed E-state index contributed by atoms with van der Waals surface area (Å²) < 4.78 is 8.21. The highest BCUT2D eigenvalue weighted by Gasteiger charge is 2.34. The zero-order valence-corrected chi connectivity index (χ0v) is 19.2. The van der Waals surface area contributed by atoms with E-state index in [2.05, 4.69) is 66.5 Å². The molecule has 0 unspecified atom stereocenters. The van der Waals surface area contributed by atoms with Crippen molar-refractivity contribution in [2.45, 2.75) is 0 Å². The largest absolute Gasteiger partial charge is 0.488 e. The topological polar surface area (TPSA) is 58.6 Å². The van der Waals surface area contributed by atoms with Crippen LogP contribution in [0.2, 0.25) is 0 Å². The molecule has 5 nitrogen and oxygen atoms in total. The molecule has 0 spiro atoms. The van der Waals surface area contributed by atoms with Crippen LogP contribution in [0.25, 0.3) is 6.08 Å². The summed E-state index contributed by atoms with van der Waals surface area (Å²) in [7, 11) is 0. The van der Waals surface area contributed by atoms with Crippen molar-refractivity contribution in [2.75, 3.05) is 11.6 Å². The van der Waals surface area contributed by atoms with Crippen LogP contribution in [0.4, 0.5) is 5.69 Å². The summed E-state index contributed by atoms with van der Waals surface area (Å²) in [5, 5.41) is 1.24. The van der Waals surface area contributed by atoms with E-state index in [9.17, 15) is 9.59 Å². The fraction of sp³-hybridized carbons (Fsp3) is 0.0526. The number of hydrogen-bond acceptors (Lipinski definition) is 3. The number of nitrogens with one attached hydrogen (secondary N) is 1. The van der Waals surface area contributed by atoms with Crippen LogP contribution in [-0.4, -0.2) is 18.4 Å². The summed E-state index contributed by atoms with van der Waals surface area (Å²) in [6.45, 7) is 3.94. The van der Waals surface area contributed by atoms with Crippen LogP contribution >= 0.6 is 54.5 Å². The van der Waals surface area contributed by atoms with E-state index in [0.29, 0.717) is 28.1 Å². The Morgan fingerprint density at radius 3 is 2.56 bits per heavy atom. The maximum atomic E-state index is 12.8. The van der Waals surface area contributed by atoms with Crippen molar-refractivity contribution in [1.29, 1.82) is 0 Å². The molecule has 0 aliphatic carbocycles. The van der Waals surface area contributed by atoms with Crippen molar-refractivity contribution >= 4 is 78.0 Å². The Balaban J connectivity index is 1.99. The Hall–Kier alpha value is -1.65. The molecule has 1 fully saturated rings. The van der Waals surface area contributed by atoms with Crippen LogP contribution in [0.15, 0.2) is 63.6 Å². The summed E-state index contributed by atoms with van der Waals surface area (Å²) in [4.78, 5) is 25.2. The molecular formula is C19H13Br2IN2O3. The summed E-state index contributed by atoms with van der Waals surface area (Å²) in [6.07, 6.45) is 3.15. The SMILES string of the molecule is C=CCOc1c(Br)cc(Br)cc1/C=C1/C(=O)NN(c2ccc(I)cc2)C1=O. The number of hydrazine groups is 1. The molecular weight excluding hydrogens is 591 g/mol. The van der Waals surface area contributed by atoms with Gasteiger partial charge in [0.25, 0.3) is 11.8 Å². The number of anilines is 1. The standard InChI is InChI=1S/C19H13Br2IN2O3/c1-2-7-27-17-11(8-12(20)10-16(17)21)9-15-18(25)23-24(19(15)26)14-5-3-13(22)4-6-14/h2-6,8-10H,1,7H2,(H,23,25)/b15-9-. The highest BCUT2D eigenvalue weighted by molar-refractivity contribution is 14.1. The minimum atomic E-state index is -0.468. The third kappa shape index (κ3) is 4.44. The Bertz CT molecular complexity index is 958. The molecule has 2 amide bonds. The van der Waals surface area contributed by atoms with Gasteiger partial charge in [0, 0.05) is 13.6 Å². The molecule has 0 atom stereocenters. The first-order chi connectivity index (χ1) is 12.9. The zero-order chi connectivity index (χ0) is 19.6. The van der Waals surface area contributed by atoms with Crippen molar-refractivity contribution in [3.05, 3.63) is 72.7 Å². The molecule has 3 rings (SSSR count). The zero-order valence-electron chi connectivity index (χ0n) is 13.8. The molecule has 138 valence electrons. The first kappa shape index (κ1) is 20.1. The summed E-state index contributed by atoms with van der Waals surface area (Å²) in [6, 6.07) is 10.9. The molecule has 0 bridgehead atoms. The quantitative estimate of drug-likeness (QED) is 0.230. The fourth-order valence-electron chi connectivity index (χ4n) is 2.47. The summed E-state index contributed by atoms with van der Waals surface area (Å²) in [5.41, 5.74) is 3.82. The Labute approximate surface area is 186 Å². The summed E-state index contributed by atoms with van der Waals surface area (Å²) in [5.74, 6) is -0.366. The van der Waals surface area contributed by atoms with Gasteiger partial charge >= 0.3 is 0 Å². The Morgan fingerprint density at radius 2 is 1.89 bits per heavy atom. The number of nitrogens with zero attached hydrogens (tertiary/aromatic N) is 1. The summed E-state index contributed by atoms with van der Waals surface area (Å²) >= 11 is 9.04. The molecule has 1 aliphatic rings. The van der Waals surface area contributed by atoms with Crippen LogP contribution in [0.3, 0.4) is 0 Å². The lowest BCUT2D eigenvalue weighted by Crippen LogP contribution is -2.35. The molecule has 27 heavy (non-hydrogen) atoms. The molecule has 2 aromatic rings. The predicted octanol–water partition coefficient (Wildman–Crippen LogP) is 4.84. The maximum Gasteiger partial charge on any atom is 0.282 e. The number of rotatable bonds is 5. The first-order valence-electron chi connectivity index (χ1n) is 7.76. The maximum absolute atomic E-state index is 12.8. The Morgan fingerprint density at radius 1 is 1.19 bits per heavy atom. The second-order valence-corrected chi connectivity index (χ2v) is 8.54. The minimum Gasteiger partial charge on any atom is -0.488 e. The third-order valence-electron chi connectivity index (χ3n) is 3.66. The number of hydrogen-bond donors (Lipinski definition) is 1. The normalized spacial score (nSPS) is 15.2. The lowest BCUT2D eigenvalue weighted by molar-refractivity contribution is -0.117. The smallest absolute Gasteiger partial charge is 0.282 e. The van der Waals surface area contributed by atoms with Crippen LogP contribution in [0.5, 0.6) is 5.75 Å². The molecule has 0 saturated carbocycles. The molecule has 0 radical (unpaired) electrons. The van der Waals surface area contributed by atoms with E-state index in [-0.39, 0.29) is 5.57 Å². The van der Waals surface area contributed by atoms with Crippen molar-refractivity contribution in [3.8, 4) is 5.75 Å².